The Morgan fingerprint density at radius 1 is 1.78 bits per heavy atom. The molecule has 0 rings (SSSR count). The fraction of sp³-hybridized carbons (Fsp3) is 0.800. The van der Waals surface area contributed by atoms with E-state index < -0.39 is 12.1 Å². The minimum atomic E-state index is -1.78. The van der Waals surface area contributed by atoms with Crippen molar-refractivity contribution in [2.75, 3.05) is 0 Å². The van der Waals surface area contributed by atoms with Crippen LogP contribution in [0.15, 0.2) is 0 Å². The van der Waals surface area contributed by atoms with Crippen molar-refractivity contribution in [2.45, 2.75) is 25.9 Å². The van der Waals surface area contributed by atoms with E-state index in [-0.39, 0.29) is 36.0 Å². The summed E-state index contributed by atoms with van der Waals surface area (Å²) in [5, 5.41) is 9.60. The molecule has 0 aromatic heterocycles. The number of alkyl halides is 1. The first-order chi connectivity index (χ1) is 3.68. The van der Waals surface area contributed by atoms with Crippen LogP contribution in [0.4, 0.5) is 4.39 Å². The monoisotopic (exact) mass is 142 g/mol. The summed E-state index contributed by atoms with van der Waals surface area (Å²) in [6.07, 6.45) is -1.18. The average Bonchev–Trinajstić information content (AvgIpc) is 1.67. The molecule has 0 aliphatic rings. The van der Waals surface area contributed by atoms with Gasteiger partial charge < -0.3 is 9.90 Å². The Labute approximate surface area is 75.7 Å². The van der Waals surface area contributed by atoms with E-state index in [2.05, 4.69) is 0 Å². The Balaban J connectivity index is 0. The van der Waals surface area contributed by atoms with Gasteiger partial charge in [0.05, 0.1) is 5.97 Å². The summed E-state index contributed by atoms with van der Waals surface area (Å²) in [4.78, 5) is 9.60. The van der Waals surface area contributed by atoms with Gasteiger partial charge in [-0.2, -0.15) is 0 Å². The largest absolute Gasteiger partial charge is 1.00 e. The van der Waals surface area contributed by atoms with Gasteiger partial charge >= 0.3 is 29.6 Å². The number of aliphatic carboxylic acids is 1. The van der Waals surface area contributed by atoms with Gasteiger partial charge in [0, 0.05) is 0 Å². The Bertz CT molecular complexity index is 87.0. The average molecular weight is 142 g/mol. The van der Waals surface area contributed by atoms with Gasteiger partial charge in [-0.05, 0) is 6.42 Å². The molecule has 0 bridgehead atoms. The Morgan fingerprint density at radius 2 is 2.22 bits per heavy atom. The Kier molecular flexibility index (Phi) is 8.77. The first-order valence-corrected chi connectivity index (χ1v) is 2.53. The molecule has 1 atom stereocenters. The second-order valence-electron chi connectivity index (χ2n) is 1.58. The van der Waals surface area contributed by atoms with Crippen molar-refractivity contribution in [3.05, 3.63) is 0 Å². The third-order valence-electron chi connectivity index (χ3n) is 0.798. The van der Waals surface area contributed by atoms with Crippen LogP contribution in [-0.4, -0.2) is 12.1 Å². The number of carbonyl (C=O) groups excluding carboxylic acids is 1. The van der Waals surface area contributed by atoms with Crippen LogP contribution >= 0.6 is 0 Å². The molecule has 0 aromatic rings. The number of hydrogen-bond acceptors (Lipinski definition) is 2. The second kappa shape index (κ2) is 6.52. The summed E-state index contributed by atoms with van der Waals surface area (Å²) in [5.41, 5.74) is 0. The standard InChI is InChI=1S/C5H9FO2.Na/c1-2-3-4(6)5(7)8;/h4H,2-3H2,1H3,(H,7,8);/q;+1/p-1. The maximum atomic E-state index is 11.9. The summed E-state index contributed by atoms with van der Waals surface area (Å²) in [6, 6.07) is 0. The van der Waals surface area contributed by atoms with Crippen LogP contribution in [-0.2, 0) is 4.79 Å². The molecule has 0 saturated heterocycles. The molecule has 0 radical (unpaired) electrons. The van der Waals surface area contributed by atoms with Gasteiger partial charge in [0.1, 0.15) is 6.17 Å². The van der Waals surface area contributed by atoms with E-state index in [0.717, 1.165) is 0 Å². The van der Waals surface area contributed by atoms with E-state index in [1.165, 1.54) is 0 Å². The molecule has 0 aliphatic heterocycles. The van der Waals surface area contributed by atoms with Crippen LogP contribution in [0.25, 0.3) is 0 Å². The molecular weight excluding hydrogens is 134 g/mol. The molecule has 9 heavy (non-hydrogen) atoms. The topological polar surface area (TPSA) is 40.1 Å². The second-order valence-corrected chi connectivity index (χ2v) is 1.58. The summed E-state index contributed by atoms with van der Waals surface area (Å²) >= 11 is 0. The molecule has 0 amide bonds. The summed E-state index contributed by atoms with van der Waals surface area (Å²) < 4.78 is 11.9. The van der Waals surface area contributed by atoms with Gasteiger partial charge in [0.25, 0.3) is 0 Å². The van der Waals surface area contributed by atoms with Crippen LogP contribution < -0.4 is 34.7 Å². The molecule has 48 valence electrons. The number of carbonyl (C=O) groups is 1. The van der Waals surface area contributed by atoms with Crippen LogP contribution in [0.3, 0.4) is 0 Å². The minimum Gasteiger partial charge on any atom is -0.547 e. The van der Waals surface area contributed by atoms with Crippen LogP contribution in [0.5, 0.6) is 0 Å². The molecule has 0 spiro atoms. The number of carboxylic acid groups (broad SMARTS) is 1. The molecule has 0 aliphatic carbocycles. The molecular formula is C5H8FNaO2. The zero-order valence-electron chi connectivity index (χ0n) is 5.69. The molecule has 2 nitrogen and oxygen atoms in total. The maximum Gasteiger partial charge on any atom is 1.00 e. The van der Waals surface area contributed by atoms with Crippen molar-refractivity contribution in [1.29, 1.82) is 0 Å². The molecule has 0 fully saturated rings. The summed E-state index contributed by atoms with van der Waals surface area (Å²) in [5.74, 6) is -1.60. The van der Waals surface area contributed by atoms with Gasteiger partial charge in [-0.3, -0.25) is 0 Å². The van der Waals surface area contributed by atoms with Crippen molar-refractivity contribution < 1.29 is 43.8 Å². The van der Waals surface area contributed by atoms with Gasteiger partial charge in [0.15, 0.2) is 0 Å². The zero-order chi connectivity index (χ0) is 6.57. The minimum absolute atomic E-state index is 0. The van der Waals surface area contributed by atoms with E-state index in [0.29, 0.717) is 6.42 Å². The summed E-state index contributed by atoms with van der Waals surface area (Å²) in [7, 11) is 0. The smallest absolute Gasteiger partial charge is 0.547 e. The zero-order valence-corrected chi connectivity index (χ0v) is 7.69. The van der Waals surface area contributed by atoms with Gasteiger partial charge in [-0.25, -0.2) is 4.39 Å². The Hall–Kier alpha value is 0.400. The molecule has 0 saturated carbocycles. The van der Waals surface area contributed by atoms with E-state index >= 15 is 0 Å². The van der Waals surface area contributed by atoms with E-state index in [9.17, 15) is 14.3 Å². The van der Waals surface area contributed by atoms with Crippen molar-refractivity contribution in [2.24, 2.45) is 0 Å². The maximum absolute atomic E-state index is 11.9. The SMILES string of the molecule is CCCC(F)C(=O)[O-].[Na+]. The fourth-order valence-corrected chi connectivity index (χ4v) is 0.371. The first kappa shape index (κ1) is 12.1. The molecule has 1 unspecified atom stereocenters. The number of carboxylic acids is 1. The van der Waals surface area contributed by atoms with Gasteiger partial charge in [0.2, 0.25) is 0 Å². The van der Waals surface area contributed by atoms with Crippen molar-refractivity contribution in [3.63, 3.8) is 0 Å². The summed E-state index contributed by atoms with van der Waals surface area (Å²) in [6.45, 7) is 1.72. The molecule has 0 aromatic carbocycles. The quantitative estimate of drug-likeness (QED) is 0.391. The van der Waals surface area contributed by atoms with Gasteiger partial charge in [-0.1, -0.05) is 13.3 Å². The fourth-order valence-electron chi connectivity index (χ4n) is 0.371. The molecule has 0 N–H and O–H groups in total. The van der Waals surface area contributed by atoms with E-state index in [1.54, 1.807) is 6.92 Å². The van der Waals surface area contributed by atoms with E-state index in [4.69, 9.17) is 0 Å². The van der Waals surface area contributed by atoms with Crippen molar-refractivity contribution in [1.82, 2.24) is 0 Å². The predicted octanol–water partition coefficient (Wildman–Crippen LogP) is -3.12. The number of rotatable bonds is 3. The third kappa shape index (κ3) is 6.28. The first-order valence-electron chi connectivity index (χ1n) is 2.53. The molecule has 4 heteroatoms. The van der Waals surface area contributed by atoms with Crippen LogP contribution in [0.1, 0.15) is 19.8 Å². The number of hydrogen-bond donors (Lipinski definition) is 0. The van der Waals surface area contributed by atoms with Crippen molar-refractivity contribution >= 4 is 5.97 Å². The molecule has 0 heterocycles. The van der Waals surface area contributed by atoms with Crippen LogP contribution in [0.2, 0.25) is 0 Å². The predicted molar refractivity (Wildman–Crippen MR) is 24.8 cm³/mol. The Morgan fingerprint density at radius 3 is 2.33 bits per heavy atom. The third-order valence-corrected chi connectivity index (χ3v) is 0.798. The number of halogens is 1. The van der Waals surface area contributed by atoms with Gasteiger partial charge in [-0.15, -0.1) is 0 Å². The van der Waals surface area contributed by atoms with E-state index in [1.807, 2.05) is 0 Å². The van der Waals surface area contributed by atoms with Crippen LogP contribution in [0, 0.1) is 0 Å². The van der Waals surface area contributed by atoms with Crippen molar-refractivity contribution in [3.8, 4) is 0 Å². The normalized spacial score (nSPS) is 11.8.